The predicted molar refractivity (Wildman–Crippen MR) is 64.1 cm³/mol. The molecule has 2 aliphatic carbocycles. The van der Waals surface area contributed by atoms with Crippen molar-refractivity contribution < 1.29 is 9.90 Å². The van der Waals surface area contributed by atoms with Crippen LogP contribution in [0.2, 0.25) is 0 Å². The van der Waals surface area contributed by atoms with E-state index >= 15 is 0 Å². The molecule has 1 N–H and O–H groups in total. The van der Waals surface area contributed by atoms with Crippen molar-refractivity contribution in [2.24, 2.45) is 17.3 Å². The minimum absolute atomic E-state index is 0.200. The lowest BCUT2D eigenvalue weighted by Crippen LogP contribution is -2.43. The van der Waals surface area contributed by atoms with E-state index in [4.69, 9.17) is 0 Å². The Labute approximate surface area is 97.0 Å². The zero-order chi connectivity index (χ0) is 11.9. The van der Waals surface area contributed by atoms with E-state index in [2.05, 4.69) is 26.0 Å². The third kappa shape index (κ3) is 1.43. The maximum absolute atomic E-state index is 11.6. The van der Waals surface area contributed by atoms with Gasteiger partial charge in [0.25, 0.3) is 0 Å². The first-order chi connectivity index (χ1) is 7.48. The van der Waals surface area contributed by atoms with Crippen molar-refractivity contribution in [1.29, 1.82) is 0 Å². The fourth-order valence-corrected chi connectivity index (χ4v) is 3.15. The van der Waals surface area contributed by atoms with Gasteiger partial charge < -0.3 is 5.11 Å². The van der Waals surface area contributed by atoms with Gasteiger partial charge in [0, 0.05) is 0 Å². The molecule has 0 aliphatic heterocycles. The van der Waals surface area contributed by atoms with Crippen LogP contribution < -0.4 is 0 Å². The van der Waals surface area contributed by atoms with E-state index < -0.39 is 11.4 Å². The largest absolute Gasteiger partial charge is 0.481 e. The predicted octanol–water partition coefficient (Wildman–Crippen LogP) is 3.40. The number of carboxylic acid groups (broad SMARTS) is 1. The Kier molecular flexibility index (Phi) is 2.69. The number of aliphatic carboxylic acids is 1. The number of hydrogen-bond acceptors (Lipinski definition) is 1. The highest BCUT2D eigenvalue weighted by molar-refractivity contribution is 5.80. The van der Waals surface area contributed by atoms with E-state index in [1.165, 1.54) is 5.57 Å². The molecule has 2 nitrogen and oxygen atoms in total. The van der Waals surface area contributed by atoms with Gasteiger partial charge in [-0.2, -0.15) is 0 Å². The Morgan fingerprint density at radius 2 is 2.19 bits per heavy atom. The minimum Gasteiger partial charge on any atom is -0.481 e. The third-order valence-corrected chi connectivity index (χ3v) is 4.61. The molecule has 0 saturated heterocycles. The fourth-order valence-electron chi connectivity index (χ4n) is 3.15. The van der Waals surface area contributed by atoms with E-state index in [9.17, 15) is 9.90 Å². The minimum atomic E-state index is -0.691. The van der Waals surface area contributed by atoms with Crippen LogP contribution in [0.1, 0.15) is 40.0 Å². The topological polar surface area (TPSA) is 37.3 Å². The lowest BCUT2D eigenvalue weighted by molar-refractivity contribution is -0.149. The summed E-state index contributed by atoms with van der Waals surface area (Å²) in [7, 11) is 0. The normalized spacial score (nSPS) is 38.4. The molecule has 0 aromatic heterocycles. The first-order valence-electron chi connectivity index (χ1n) is 6.10. The molecule has 2 heteroatoms. The fraction of sp³-hybridized carbons (Fsp3) is 0.643. The number of rotatable bonds is 1. The first kappa shape index (κ1) is 11.4. The van der Waals surface area contributed by atoms with Crippen molar-refractivity contribution in [2.75, 3.05) is 0 Å². The lowest BCUT2D eigenvalue weighted by Gasteiger charge is -2.43. The van der Waals surface area contributed by atoms with Crippen molar-refractivity contribution in [3.05, 3.63) is 23.3 Å². The van der Waals surface area contributed by atoms with Gasteiger partial charge in [0.05, 0.1) is 5.41 Å². The molecule has 88 valence electrons. The average molecular weight is 220 g/mol. The van der Waals surface area contributed by atoms with Crippen molar-refractivity contribution >= 4 is 5.97 Å². The van der Waals surface area contributed by atoms with Crippen LogP contribution in [0.15, 0.2) is 23.3 Å². The monoisotopic (exact) mass is 220 g/mol. The Bertz CT molecular complexity index is 378. The molecule has 3 atom stereocenters. The standard InChI is InChI=1S/C14H20O2/c1-9-8-11-6-4-5-7-12(11)14(3,10(9)2)13(15)16/h5,7,9-10H,4,6,8H2,1-3H3,(H,15,16). The van der Waals surface area contributed by atoms with Gasteiger partial charge >= 0.3 is 5.97 Å². The van der Waals surface area contributed by atoms with Crippen LogP contribution in [-0.2, 0) is 4.79 Å². The van der Waals surface area contributed by atoms with Gasteiger partial charge in [0.2, 0.25) is 0 Å². The number of carboxylic acids is 1. The van der Waals surface area contributed by atoms with Crippen molar-refractivity contribution in [1.82, 2.24) is 0 Å². The number of hydrogen-bond donors (Lipinski definition) is 1. The molecule has 0 aromatic carbocycles. The second-order valence-electron chi connectivity index (χ2n) is 5.44. The molecular formula is C14H20O2. The van der Waals surface area contributed by atoms with E-state index in [0.29, 0.717) is 5.92 Å². The van der Waals surface area contributed by atoms with Gasteiger partial charge in [-0.25, -0.2) is 0 Å². The lowest BCUT2D eigenvalue weighted by atomic mass is 9.59. The van der Waals surface area contributed by atoms with Crippen LogP contribution in [0, 0.1) is 17.3 Å². The summed E-state index contributed by atoms with van der Waals surface area (Å²) < 4.78 is 0. The van der Waals surface area contributed by atoms with E-state index in [-0.39, 0.29) is 5.92 Å². The molecule has 2 rings (SSSR count). The molecule has 0 radical (unpaired) electrons. The second kappa shape index (κ2) is 3.76. The molecule has 16 heavy (non-hydrogen) atoms. The van der Waals surface area contributed by atoms with Gasteiger partial charge in [-0.05, 0) is 43.6 Å². The van der Waals surface area contributed by atoms with Crippen LogP contribution >= 0.6 is 0 Å². The molecule has 0 bridgehead atoms. The summed E-state index contributed by atoms with van der Waals surface area (Å²) in [5.74, 6) is -0.0107. The maximum Gasteiger partial charge on any atom is 0.314 e. The van der Waals surface area contributed by atoms with Gasteiger partial charge in [0.15, 0.2) is 0 Å². The molecule has 0 spiro atoms. The molecule has 0 heterocycles. The molecule has 0 aromatic rings. The Balaban J connectivity index is 2.54. The average Bonchev–Trinajstić information content (AvgIpc) is 2.26. The summed E-state index contributed by atoms with van der Waals surface area (Å²) in [4.78, 5) is 11.6. The van der Waals surface area contributed by atoms with E-state index in [1.54, 1.807) is 0 Å². The van der Waals surface area contributed by atoms with Gasteiger partial charge in [-0.15, -0.1) is 0 Å². The van der Waals surface area contributed by atoms with Crippen LogP contribution in [0.4, 0.5) is 0 Å². The molecule has 0 saturated carbocycles. The zero-order valence-corrected chi connectivity index (χ0v) is 10.3. The first-order valence-corrected chi connectivity index (χ1v) is 6.10. The van der Waals surface area contributed by atoms with Gasteiger partial charge in [-0.3, -0.25) is 4.79 Å². The number of carbonyl (C=O) groups is 1. The highest BCUT2D eigenvalue weighted by Crippen LogP contribution is 2.50. The van der Waals surface area contributed by atoms with Crippen LogP contribution in [0.5, 0.6) is 0 Å². The van der Waals surface area contributed by atoms with Crippen LogP contribution in [0.3, 0.4) is 0 Å². The quantitative estimate of drug-likeness (QED) is 0.735. The summed E-state index contributed by atoms with van der Waals surface area (Å²) in [6, 6.07) is 0. The highest BCUT2D eigenvalue weighted by Gasteiger charge is 2.47. The Morgan fingerprint density at radius 3 is 2.81 bits per heavy atom. The Hall–Kier alpha value is -1.05. The van der Waals surface area contributed by atoms with Crippen molar-refractivity contribution in [3.8, 4) is 0 Å². The smallest absolute Gasteiger partial charge is 0.314 e. The van der Waals surface area contributed by atoms with Crippen LogP contribution in [0.25, 0.3) is 0 Å². The summed E-state index contributed by atoms with van der Waals surface area (Å²) in [6.07, 6.45) is 7.35. The summed E-state index contributed by atoms with van der Waals surface area (Å²) in [5.41, 5.74) is 1.76. The molecule has 3 unspecified atom stereocenters. The van der Waals surface area contributed by atoms with Crippen molar-refractivity contribution in [3.63, 3.8) is 0 Å². The van der Waals surface area contributed by atoms with E-state index in [1.807, 2.05) is 6.92 Å². The zero-order valence-electron chi connectivity index (χ0n) is 10.3. The second-order valence-corrected chi connectivity index (χ2v) is 5.44. The molecular weight excluding hydrogens is 200 g/mol. The summed E-state index contributed by atoms with van der Waals surface area (Å²) in [5, 5.41) is 9.56. The van der Waals surface area contributed by atoms with Gasteiger partial charge in [-0.1, -0.05) is 31.6 Å². The molecule has 0 amide bonds. The SMILES string of the molecule is CC1CC2=C(C=CCC2)C(C)(C(=O)O)C1C. The number of allylic oxidation sites excluding steroid dienone is 3. The van der Waals surface area contributed by atoms with Crippen molar-refractivity contribution in [2.45, 2.75) is 40.0 Å². The summed E-state index contributed by atoms with van der Waals surface area (Å²) >= 11 is 0. The highest BCUT2D eigenvalue weighted by atomic mass is 16.4. The molecule has 0 fully saturated rings. The summed E-state index contributed by atoms with van der Waals surface area (Å²) in [6.45, 7) is 6.14. The van der Waals surface area contributed by atoms with Crippen LogP contribution in [-0.4, -0.2) is 11.1 Å². The molecule has 2 aliphatic rings. The third-order valence-electron chi connectivity index (χ3n) is 4.61. The Morgan fingerprint density at radius 1 is 1.50 bits per heavy atom. The van der Waals surface area contributed by atoms with Gasteiger partial charge in [0.1, 0.15) is 0 Å². The maximum atomic E-state index is 11.6. The van der Waals surface area contributed by atoms with E-state index in [0.717, 1.165) is 24.8 Å².